The van der Waals surface area contributed by atoms with E-state index >= 15 is 0 Å². The molecule has 0 saturated carbocycles. The van der Waals surface area contributed by atoms with E-state index in [1.54, 1.807) is 0 Å². The van der Waals surface area contributed by atoms with Gasteiger partial charge in [-0.3, -0.25) is 4.90 Å². The molecule has 1 fully saturated rings. The Morgan fingerprint density at radius 2 is 2.11 bits per heavy atom. The van der Waals surface area contributed by atoms with Crippen LogP contribution in [0.5, 0.6) is 0 Å². The van der Waals surface area contributed by atoms with Crippen molar-refractivity contribution < 1.29 is 4.42 Å². The molecule has 3 nitrogen and oxygen atoms in total. The first-order valence-electron chi connectivity index (χ1n) is 7.68. The third-order valence-corrected chi connectivity index (χ3v) is 4.22. The fourth-order valence-corrected chi connectivity index (χ4v) is 3.09. The first-order chi connectivity index (χ1) is 9.22. The largest absolute Gasteiger partial charge is 0.465 e. The highest BCUT2D eigenvalue weighted by atomic mass is 16.3. The average molecular weight is 264 g/mol. The van der Waals surface area contributed by atoms with Gasteiger partial charge in [-0.2, -0.15) is 0 Å². The van der Waals surface area contributed by atoms with E-state index in [1.165, 1.54) is 44.3 Å². The number of rotatable bonds is 6. The predicted octanol–water partition coefficient (Wildman–Crippen LogP) is 3.32. The number of aryl methyl sites for hydroxylation is 1. The summed E-state index contributed by atoms with van der Waals surface area (Å²) in [4.78, 5) is 2.54. The topological polar surface area (TPSA) is 28.4 Å². The van der Waals surface area contributed by atoms with E-state index < -0.39 is 0 Å². The van der Waals surface area contributed by atoms with Crippen molar-refractivity contribution in [3.8, 4) is 0 Å². The summed E-state index contributed by atoms with van der Waals surface area (Å²) in [6.45, 7) is 8.68. The van der Waals surface area contributed by atoms with Crippen LogP contribution in [0.4, 0.5) is 0 Å². The number of nitrogens with zero attached hydrogens (tertiary/aromatic N) is 1. The fraction of sp³-hybridized carbons (Fsp3) is 0.750. The summed E-state index contributed by atoms with van der Waals surface area (Å²) < 4.78 is 5.86. The van der Waals surface area contributed by atoms with E-state index in [4.69, 9.17) is 4.42 Å². The van der Waals surface area contributed by atoms with Gasteiger partial charge in [-0.1, -0.05) is 19.8 Å². The van der Waals surface area contributed by atoms with Gasteiger partial charge in [0.25, 0.3) is 0 Å². The minimum atomic E-state index is 0.897. The molecule has 1 aromatic rings. The van der Waals surface area contributed by atoms with Crippen molar-refractivity contribution in [3.05, 3.63) is 23.2 Å². The van der Waals surface area contributed by atoms with Crippen LogP contribution in [-0.2, 0) is 13.1 Å². The molecule has 0 unspecified atom stereocenters. The molecule has 0 spiro atoms. The highest BCUT2D eigenvalue weighted by molar-refractivity contribution is 5.20. The first-order valence-corrected chi connectivity index (χ1v) is 7.68. The van der Waals surface area contributed by atoms with Crippen LogP contribution in [0.2, 0.25) is 0 Å². The van der Waals surface area contributed by atoms with Crippen LogP contribution in [0.1, 0.15) is 49.7 Å². The van der Waals surface area contributed by atoms with Gasteiger partial charge in [0.1, 0.15) is 11.5 Å². The molecule has 0 bridgehead atoms. The Balaban J connectivity index is 1.83. The van der Waals surface area contributed by atoms with Crippen LogP contribution in [0.25, 0.3) is 0 Å². The normalized spacial score (nSPS) is 18.1. The van der Waals surface area contributed by atoms with Crippen molar-refractivity contribution in [2.45, 2.75) is 52.6 Å². The third kappa shape index (κ3) is 4.08. The minimum Gasteiger partial charge on any atom is -0.465 e. The lowest BCUT2D eigenvalue weighted by molar-refractivity contribution is 0.161. The molecule has 2 heterocycles. The van der Waals surface area contributed by atoms with Crippen LogP contribution >= 0.6 is 0 Å². The Labute approximate surface area is 117 Å². The maximum absolute atomic E-state index is 5.86. The number of piperidine rings is 1. The zero-order chi connectivity index (χ0) is 13.7. The predicted molar refractivity (Wildman–Crippen MR) is 79.1 cm³/mol. The molecule has 1 aliphatic heterocycles. The number of likely N-dealkylation sites (tertiary alicyclic amines) is 1. The summed E-state index contributed by atoms with van der Waals surface area (Å²) in [7, 11) is 1.98. The van der Waals surface area contributed by atoms with Gasteiger partial charge in [0.15, 0.2) is 0 Å². The standard InChI is InChI=1S/C16H28N2O/c1-4-5-14-6-8-18(9-7-14)12-16-10-15(11-17-3)13(2)19-16/h10,14,17H,4-9,11-12H2,1-3H3. The van der Waals surface area contributed by atoms with Gasteiger partial charge in [-0.15, -0.1) is 0 Å². The molecule has 0 atom stereocenters. The maximum Gasteiger partial charge on any atom is 0.118 e. The summed E-state index contributed by atoms with van der Waals surface area (Å²) in [6.07, 6.45) is 5.45. The van der Waals surface area contributed by atoms with Crippen LogP contribution in [0.3, 0.4) is 0 Å². The number of hydrogen-bond acceptors (Lipinski definition) is 3. The Hall–Kier alpha value is -0.800. The molecule has 0 aromatic carbocycles. The Morgan fingerprint density at radius 1 is 1.37 bits per heavy atom. The molecule has 1 N–H and O–H groups in total. The highest BCUT2D eigenvalue weighted by Crippen LogP contribution is 2.24. The lowest BCUT2D eigenvalue weighted by Crippen LogP contribution is -2.33. The van der Waals surface area contributed by atoms with Gasteiger partial charge in [0.2, 0.25) is 0 Å². The second kappa shape index (κ2) is 7.11. The van der Waals surface area contributed by atoms with E-state index in [0.717, 1.165) is 30.5 Å². The molecule has 0 amide bonds. The molecule has 1 aliphatic rings. The zero-order valence-electron chi connectivity index (χ0n) is 12.7. The smallest absolute Gasteiger partial charge is 0.118 e. The van der Waals surface area contributed by atoms with Gasteiger partial charge in [0.05, 0.1) is 6.54 Å². The molecule has 19 heavy (non-hydrogen) atoms. The average Bonchev–Trinajstić information content (AvgIpc) is 2.73. The van der Waals surface area contributed by atoms with E-state index in [-0.39, 0.29) is 0 Å². The monoisotopic (exact) mass is 264 g/mol. The number of nitrogens with one attached hydrogen (secondary N) is 1. The molecular formula is C16H28N2O. The van der Waals surface area contributed by atoms with Crippen molar-refractivity contribution in [2.75, 3.05) is 20.1 Å². The fourth-order valence-electron chi connectivity index (χ4n) is 3.09. The minimum absolute atomic E-state index is 0.897. The second-order valence-corrected chi connectivity index (χ2v) is 5.83. The van der Waals surface area contributed by atoms with Gasteiger partial charge in [-0.25, -0.2) is 0 Å². The highest BCUT2D eigenvalue weighted by Gasteiger charge is 2.19. The summed E-state index contributed by atoms with van der Waals surface area (Å²) in [5.41, 5.74) is 1.29. The van der Waals surface area contributed by atoms with Crippen molar-refractivity contribution in [3.63, 3.8) is 0 Å². The quantitative estimate of drug-likeness (QED) is 0.854. The Morgan fingerprint density at radius 3 is 2.74 bits per heavy atom. The van der Waals surface area contributed by atoms with Crippen LogP contribution in [0, 0.1) is 12.8 Å². The molecule has 0 radical (unpaired) electrons. The second-order valence-electron chi connectivity index (χ2n) is 5.83. The molecule has 0 aliphatic carbocycles. The SMILES string of the molecule is CCCC1CCN(Cc2cc(CNC)c(C)o2)CC1. The maximum atomic E-state index is 5.86. The summed E-state index contributed by atoms with van der Waals surface area (Å²) in [5, 5.41) is 3.19. The molecule has 1 aromatic heterocycles. The lowest BCUT2D eigenvalue weighted by atomic mass is 9.92. The summed E-state index contributed by atoms with van der Waals surface area (Å²) in [6, 6.07) is 2.21. The van der Waals surface area contributed by atoms with Gasteiger partial charge >= 0.3 is 0 Å². The third-order valence-electron chi connectivity index (χ3n) is 4.22. The molecular weight excluding hydrogens is 236 g/mol. The van der Waals surface area contributed by atoms with Gasteiger partial charge < -0.3 is 9.73 Å². The molecule has 108 valence electrons. The zero-order valence-corrected chi connectivity index (χ0v) is 12.7. The number of furan rings is 1. The molecule has 3 heteroatoms. The Bertz CT molecular complexity index is 378. The van der Waals surface area contributed by atoms with Crippen LogP contribution < -0.4 is 5.32 Å². The first kappa shape index (κ1) is 14.6. The van der Waals surface area contributed by atoms with E-state index in [2.05, 4.69) is 30.1 Å². The van der Waals surface area contributed by atoms with Gasteiger partial charge in [0, 0.05) is 12.1 Å². The van der Waals surface area contributed by atoms with E-state index in [0.29, 0.717) is 0 Å². The van der Waals surface area contributed by atoms with Crippen molar-refractivity contribution >= 4 is 0 Å². The summed E-state index contributed by atoms with van der Waals surface area (Å²) >= 11 is 0. The van der Waals surface area contributed by atoms with Crippen molar-refractivity contribution in [2.24, 2.45) is 5.92 Å². The Kier molecular flexibility index (Phi) is 5.46. The van der Waals surface area contributed by atoms with E-state index in [9.17, 15) is 0 Å². The van der Waals surface area contributed by atoms with Crippen molar-refractivity contribution in [1.29, 1.82) is 0 Å². The van der Waals surface area contributed by atoms with E-state index in [1.807, 2.05) is 7.05 Å². The number of hydrogen-bond donors (Lipinski definition) is 1. The lowest BCUT2D eigenvalue weighted by Gasteiger charge is -2.31. The molecule has 2 rings (SSSR count). The summed E-state index contributed by atoms with van der Waals surface area (Å²) in [5.74, 6) is 3.14. The van der Waals surface area contributed by atoms with Gasteiger partial charge in [-0.05, 0) is 51.9 Å². The van der Waals surface area contributed by atoms with Crippen LogP contribution in [-0.4, -0.2) is 25.0 Å². The van der Waals surface area contributed by atoms with Crippen molar-refractivity contribution in [1.82, 2.24) is 10.2 Å². The molecule has 1 saturated heterocycles. The van der Waals surface area contributed by atoms with Crippen LogP contribution in [0.15, 0.2) is 10.5 Å².